The van der Waals surface area contributed by atoms with Crippen molar-refractivity contribution in [1.82, 2.24) is 0 Å². The molecule has 1 rings (SSSR count). The molecule has 0 aliphatic rings. The lowest BCUT2D eigenvalue weighted by Gasteiger charge is -2.16. The van der Waals surface area contributed by atoms with Gasteiger partial charge in [-0.05, 0) is 24.1 Å². The number of halogens is 1. The van der Waals surface area contributed by atoms with E-state index in [1.54, 1.807) is 19.0 Å². The van der Waals surface area contributed by atoms with Crippen molar-refractivity contribution in [2.75, 3.05) is 25.6 Å². The number of ether oxygens (including phenoxy) is 1. The number of hydrogen-bond acceptors (Lipinski definition) is 5. The van der Waals surface area contributed by atoms with E-state index in [9.17, 15) is 13.2 Å². The molecule has 0 fully saturated rings. The standard InChI is InChI=1S/C13H18ClNO4S/c1-9(2)8-19-13(16)10-5-6-11(15(3)4)12(7-10)20(14,17)18/h5-7,9H,8H2,1-4H3. The van der Waals surface area contributed by atoms with Gasteiger partial charge >= 0.3 is 5.97 Å². The molecule has 0 N–H and O–H groups in total. The second kappa shape index (κ2) is 6.45. The molecule has 0 bridgehead atoms. The maximum absolute atomic E-state index is 11.8. The summed E-state index contributed by atoms with van der Waals surface area (Å²) in [5, 5.41) is 0. The molecule has 0 aromatic heterocycles. The van der Waals surface area contributed by atoms with Crippen molar-refractivity contribution in [3.05, 3.63) is 23.8 Å². The summed E-state index contributed by atoms with van der Waals surface area (Å²) >= 11 is 0. The van der Waals surface area contributed by atoms with Crippen LogP contribution in [-0.2, 0) is 13.8 Å². The molecule has 0 saturated carbocycles. The van der Waals surface area contributed by atoms with Crippen LogP contribution in [0.15, 0.2) is 23.1 Å². The zero-order valence-corrected chi connectivity index (χ0v) is 13.5. The lowest BCUT2D eigenvalue weighted by Crippen LogP contribution is -2.15. The van der Waals surface area contributed by atoms with Gasteiger partial charge < -0.3 is 9.64 Å². The van der Waals surface area contributed by atoms with Gasteiger partial charge in [0.25, 0.3) is 9.05 Å². The Bertz CT molecular complexity index is 596. The third-order valence-corrected chi connectivity index (χ3v) is 3.84. The maximum Gasteiger partial charge on any atom is 0.338 e. The summed E-state index contributed by atoms with van der Waals surface area (Å²) in [6.45, 7) is 4.10. The summed E-state index contributed by atoms with van der Waals surface area (Å²) < 4.78 is 28.2. The number of hydrogen-bond donors (Lipinski definition) is 0. The Kier molecular flexibility index (Phi) is 5.42. The van der Waals surface area contributed by atoms with E-state index in [0.717, 1.165) is 0 Å². The molecule has 20 heavy (non-hydrogen) atoms. The van der Waals surface area contributed by atoms with Gasteiger partial charge in [0.2, 0.25) is 0 Å². The molecule has 0 aliphatic heterocycles. The molecular formula is C13H18ClNO4S. The Morgan fingerprint density at radius 2 is 1.95 bits per heavy atom. The average Bonchev–Trinajstić information content (AvgIpc) is 2.33. The third-order valence-electron chi connectivity index (χ3n) is 2.49. The molecule has 0 aliphatic carbocycles. The van der Waals surface area contributed by atoms with Gasteiger partial charge in [0.15, 0.2) is 0 Å². The molecule has 5 nitrogen and oxygen atoms in total. The second-order valence-corrected chi connectivity index (χ2v) is 7.54. The highest BCUT2D eigenvalue weighted by molar-refractivity contribution is 8.13. The van der Waals surface area contributed by atoms with Crippen LogP contribution in [0.4, 0.5) is 5.69 Å². The van der Waals surface area contributed by atoms with Crippen molar-refractivity contribution in [3.8, 4) is 0 Å². The Labute approximate surface area is 123 Å². The second-order valence-electron chi connectivity index (χ2n) is 5.01. The Balaban J connectivity index is 3.17. The highest BCUT2D eigenvalue weighted by atomic mass is 35.7. The highest BCUT2D eigenvalue weighted by Crippen LogP contribution is 2.28. The van der Waals surface area contributed by atoms with Crippen LogP contribution < -0.4 is 4.90 Å². The average molecular weight is 320 g/mol. The van der Waals surface area contributed by atoms with Gasteiger partial charge in [-0.1, -0.05) is 13.8 Å². The number of esters is 1. The summed E-state index contributed by atoms with van der Waals surface area (Å²) in [5.74, 6) is -0.359. The first-order valence-electron chi connectivity index (χ1n) is 6.06. The lowest BCUT2D eigenvalue weighted by atomic mass is 10.2. The van der Waals surface area contributed by atoms with Crippen LogP contribution in [0.3, 0.4) is 0 Å². The predicted molar refractivity (Wildman–Crippen MR) is 78.9 cm³/mol. The number of rotatable bonds is 5. The first-order valence-corrected chi connectivity index (χ1v) is 8.37. The van der Waals surface area contributed by atoms with Gasteiger partial charge in [0.1, 0.15) is 4.90 Å². The minimum atomic E-state index is -3.94. The van der Waals surface area contributed by atoms with Gasteiger partial charge in [0, 0.05) is 24.8 Å². The summed E-state index contributed by atoms with van der Waals surface area (Å²) in [7, 11) is 4.85. The quantitative estimate of drug-likeness (QED) is 0.616. The smallest absolute Gasteiger partial charge is 0.338 e. The molecule has 0 amide bonds. The van der Waals surface area contributed by atoms with E-state index in [2.05, 4.69) is 0 Å². The van der Waals surface area contributed by atoms with Crippen LogP contribution in [0.25, 0.3) is 0 Å². The number of benzene rings is 1. The van der Waals surface area contributed by atoms with Crippen LogP contribution in [0.2, 0.25) is 0 Å². The van der Waals surface area contributed by atoms with E-state index in [-0.39, 0.29) is 23.0 Å². The van der Waals surface area contributed by atoms with Crippen molar-refractivity contribution in [2.45, 2.75) is 18.7 Å². The Morgan fingerprint density at radius 1 is 1.35 bits per heavy atom. The van der Waals surface area contributed by atoms with Crippen molar-refractivity contribution in [3.63, 3.8) is 0 Å². The monoisotopic (exact) mass is 319 g/mol. The van der Waals surface area contributed by atoms with Gasteiger partial charge in [-0.2, -0.15) is 0 Å². The van der Waals surface area contributed by atoms with E-state index in [1.165, 1.54) is 18.2 Å². The fourth-order valence-corrected chi connectivity index (χ4v) is 2.67. The number of carbonyl (C=O) groups is 1. The highest BCUT2D eigenvalue weighted by Gasteiger charge is 2.20. The SMILES string of the molecule is CC(C)COC(=O)c1ccc(N(C)C)c(S(=O)(=O)Cl)c1. The first kappa shape index (κ1) is 16.8. The van der Waals surface area contributed by atoms with Crippen LogP contribution >= 0.6 is 10.7 Å². The summed E-state index contributed by atoms with van der Waals surface area (Å²) in [6, 6.07) is 4.28. The molecule has 0 atom stereocenters. The van der Waals surface area contributed by atoms with Gasteiger partial charge in [-0.25, -0.2) is 13.2 Å². The van der Waals surface area contributed by atoms with Crippen molar-refractivity contribution in [2.24, 2.45) is 5.92 Å². The molecule has 7 heteroatoms. The first-order chi connectivity index (χ1) is 9.12. The number of carbonyl (C=O) groups excluding carboxylic acids is 1. The number of nitrogens with zero attached hydrogens (tertiary/aromatic N) is 1. The largest absolute Gasteiger partial charge is 0.462 e. The van der Waals surface area contributed by atoms with Crippen LogP contribution in [-0.4, -0.2) is 35.1 Å². The van der Waals surface area contributed by atoms with Crippen molar-refractivity contribution in [1.29, 1.82) is 0 Å². The van der Waals surface area contributed by atoms with Crippen LogP contribution in [0.1, 0.15) is 24.2 Å². The van der Waals surface area contributed by atoms with E-state index in [0.29, 0.717) is 5.69 Å². The summed E-state index contributed by atoms with van der Waals surface area (Å²) in [6.07, 6.45) is 0. The Morgan fingerprint density at radius 3 is 2.40 bits per heavy atom. The van der Waals surface area contributed by atoms with E-state index in [1.807, 2.05) is 13.8 Å². The van der Waals surface area contributed by atoms with E-state index >= 15 is 0 Å². The van der Waals surface area contributed by atoms with Gasteiger partial charge in [-0.3, -0.25) is 0 Å². The van der Waals surface area contributed by atoms with Crippen molar-refractivity contribution >= 4 is 31.4 Å². The molecule has 0 saturated heterocycles. The molecule has 0 spiro atoms. The predicted octanol–water partition coefficient (Wildman–Crippen LogP) is 2.49. The van der Waals surface area contributed by atoms with Crippen LogP contribution in [0.5, 0.6) is 0 Å². The van der Waals surface area contributed by atoms with Crippen LogP contribution in [0, 0.1) is 5.92 Å². The molecule has 0 unspecified atom stereocenters. The topological polar surface area (TPSA) is 63.7 Å². The number of anilines is 1. The third kappa shape index (κ3) is 4.38. The summed E-state index contributed by atoms with van der Waals surface area (Å²) in [5.41, 5.74) is 0.580. The van der Waals surface area contributed by atoms with Gasteiger partial charge in [0.05, 0.1) is 17.9 Å². The zero-order chi connectivity index (χ0) is 15.5. The minimum absolute atomic E-state index is 0.108. The molecule has 1 aromatic carbocycles. The molecule has 0 heterocycles. The minimum Gasteiger partial charge on any atom is -0.462 e. The van der Waals surface area contributed by atoms with E-state index in [4.69, 9.17) is 15.4 Å². The maximum atomic E-state index is 11.8. The normalized spacial score (nSPS) is 11.5. The fourth-order valence-electron chi connectivity index (χ4n) is 1.53. The summed E-state index contributed by atoms with van der Waals surface area (Å²) in [4.78, 5) is 13.3. The van der Waals surface area contributed by atoms with E-state index < -0.39 is 15.0 Å². The molecule has 112 valence electrons. The van der Waals surface area contributed by atoms with Gasteiger partial charge in [-0.15, -0.1) is 0 Å². The fraction of sp³-hybridized carbons (Fsp3) is 0.462. The molecular weight excluding hydrogens is 302 g/mol. The lowest BCUT2D eigenvalue weighted by molar-refractivity contribution is 0.0458. The molecule has 0 radical (unpaired) electrons. The van der Waals surface area contributed by atoms with Crippen molar-refractivity contribution < 1.29 is 17.9 Å². The zero-order valence-electron chi connectivity index (χ0n) is 11.9. The Hall–Kier alpha value is -1.27. The molecule has 1 aromatic rings.